The van der Waals surface area contributed by atoms with Gasteiger partial charge in [-0.05, 0) is 43.8 Å². The minimum absolute atomic E-state index is 0.0988. The van der Waals surface area contributed by atoms with E-state index >= 15 is 0 Å². The molecule has 0 aliphatic rings. The second-order valence-corrected chi connectivity index (χ2v) is 6.55. The lowest BCUT2D eigenvalue weighted by Crippen LogP contribution is -2.38. The monoisotopic (exact) mass is 383 g/mol. The Balaban J connectivity index is 1.73. The Labute approximate surface area is 164 Å². The molecule has 0 saturated heterocycles. The maximum absolute atomic E-state index is 12.1. The first-order valence-electron chi connectivity index (χ1n) is 8.86. The average molecular weight is 383 g/mol. The van der Waals surface area contributed by atoms with Crippen LogP contribution in [0.2, 0.25) is 0 Å². The summed E-state index contributed by atoms with van der Waals surface area (Å²) in [5.74, 6) is -0.777. The fourth-order valence-corrected chi connectivity index (χ4v) is 2.52. The van der Waals surface area contributed by atoms with Crippen LogP contribution in [-0.4, -0.2) is 49.9 Å². The number of benzene rings is 2. The molecule has 0 unspecified atom stereocenters. The summed E-state index contributed by atoms with van der Waals surface area (Å²) in [5.41, 5.74) is 3.16. The third-order valence-electron chi connectivity index (χ3n) is 4.03. The van der Waals surface area contributed by atoms with Crippen LogP contribution in [0.3, 0.4) is 0 Å². The molecule has 7 heteroatoms. The van der Waals surface area contributed by atoms with Crippen molar-refractivity contribution in [1.29, 1.82) is 0 Å². The van der Waals surface area contributed by atoms with Crippen LogP contribution in [0.4, 0.5) is 5.69 Å². The molecule has 2 amide bonds. The van der Waals surface area contributed by atoms with Gasteiger partial charge >= 0.3 is 5.97 Å². The number of carbonyl (C=O) groups is 3. The van der Waals surface area contributed by atoms with Crippen molar-refractivity contribution in [3.63, 3.8) is 0 Å². The summed E-state index contributed by atoms with van der Waals surface area (Å²) < 4.78 is 4.65. The number of ether oxygens (including phenoxy) is 1. The van der Waals surface area contributed by atoms with Gasteiger partial charge in [0.25, 0.3) is 0 Å². The summed E-state index contributed by atoms with van der Waals surface area (Å²) in [7, 11) is 3.04. The van der Waals surface area contributed by atoms with Crippen molar-refractivity contribution in [1.82, 2.24) is 10.2 Å². The Kier molecular flexibility index (Phi) is 7.71. The van der Waals surface area contributed by atoms with E-state index in [1.54, 1.807) is 36.2 Å². The first-order chi connectivity index (χ1) is 13.4. The maximum Gasteiger partial charge on any atom is 0.337 e. The van der Waals surface area contributed by atoms with Crippen LogP contribution in [0.1, 0.15) is 21.5 Å². The maximum atomic E-state index is 12.1. The van der Waals surface area contributed by atoms with Crippen LogP contribution in [-0.2, 0) is 20.9 Å². The van der Waals surface area contributed by atoms with E-state index < -0.39 is 5.97 Å². The van der Waals surface area contributed by atoms with Gasteiger partial charge in [0, 0.05) is 12.2 Å². The lowest BCUT2D eigenvalue weighted by Gasteiger charge is -2.16. The van der Waals surface area contributed by atoms with Crippen LogP contribution in [0.25, 0.3) is 0 Å². The van der Waals surface area contributed by atoms with Crippen molar-refractivity contribution in [2.24, 2.45) is 0 Å². The molecular weight excluding hydrogens is 358 g/mol. The molecule has 0 fully saturated rings. The van der Waals surface area contributed by atoms with Gasteiger partial charge in [-0.25, -0.2) is 4.79 Å². The van der Waals surface area contributed by atoms with E-state index in [9.17, 15) is 14.4 Å². The van der Waals surface area contributed by atoms with Crippen LogP contribution in [0, 0.1) is 6.92 Å². The van der Waals surface area contributed by atoms with Gasteiger partial charge in [0.2, 0.25) is 11.8 Å². The molecule has 0 aliphatic carbocycles. The fraction of sp³-hybridized carbons (Fsp3) is 0.286. The Hall–Kier alpha value is -3.19. The highest BCUT2D eigenvalue weighted by Crippen LogP contribution is 2.08. The lowest BCUT2D eigenvalue weighted by molar-refractivity contribution is -0.123. The molecular formula is C21H25N3O4. The number of nitrogens with one attached hydrogen (secondary N) is 2. The zero-order valence-electron chi connectivity index (χ0n) is 16.3. The highest BCUT2D eigenvalue weighted by molar-refractivity contribution is 5.92. The number of hydrogen-bond donors (Lipinski definition) is 2. The van der Waals surface area contributed by atoms with E-state index in [1.807, 2.05) is 31.2 Å². The number of aryl methyl sites for hydroxylation is 1. The van der Waals surface area contributed by atoms with E-state index in [2.05, 4.69) is 15.4 Å². The standard InChI is InChI=1S/C21H25N3O4/c1-15-4-10-18(11-5-15)23-20(26)14-24(2)13-19(25)22-12-16-6-8-17(9-7-16)21(27)28-3/h4-11H,12-14H2,1-3H3,(H,22,25)(H,23,26). The van der Waals surface area contributed by atoms with Gasteiger partial charge in [-0.2, -0.15) is 0 Å². The molecule has 0 saturated carbocycles. The molecule has 0 spiro atoms. The van der Waals surface area contributed by atoms with Gasteiger partial charge in [-0.1, -0.05) is 29.8 Å². The number of rotatable bonds is 8. The Morgan fingerprint density at radius 1 is 0.929 bits per heavy atom. The highest BCUT2D eigenvalue weighted by atomic mass is 16.5. The van der Waals surface area contributed by atoms with Crippen molar-refractivity contribution in [2.75, 3.05) is 32.6 Å². The smallest absolute Gasteiger partial charge is 0.337 e. The molecule has 2 N–H and O–H groups in total. The second-order valence-electron chi connectivity index (χ2n) is 6.55. The van der Waals surface area contributed by atoms with Gasteiger partial charge in [-0.15, -0.1) is 0 Å². The number of esters is 1. The van der Waals surface area contributed by atoms with Crippen molar-refractivity contribution >= 4 is 23.5 Å². The summed E-state index contributed by atoms with van der Waals surface area (Å²) in [6, 6.07) is 14.3. The molecule has 2 aromatic rings. The summed E-state index contributed by atoms with van der Waals surface area (Å²) >= 11 is 0. The van der Waals surface area contributed by atoms with Crippen molar-refractivity contribution < 1.29 is 19.1 Å². The Morgan fingerprint density at radius 3 is 2.14 bits per heavy atom. The van der Waals surface area contributed by atoms with E-state index in [1.165, 1.54) is 7.11 Å². The summed E-state index contributed by atoms with van der Waals surface area (Å²) in [4.78, 5) is 37.2. The molecule has 7 nitrogen and oxygen atoms in total. The minimum atomic E-state index is -0.402. The Bertz CT molecular complexity index is 817. The summed E-state index contributed by atoms with van der Waals surface area (Å²) in [6.45, 7) is 2.52. The number of amides is 2. The molecule has 2 rings (SSSR count). The number of methoxy groups -OCH3 is 1. The van der Waals surface area contributed by atoms with Crippen LogP contribution < -0.4 is 10.6 Å². The van der Waals surface area contributed by atoms with Gasteiger partial charge in [0.1, 0.15) is 0 Å². The number of nitrogens with zero attached hydrogens (tertiary/aromatic N) is 1. The predicted octanol–water partition coefficient (Wildman–Crippen LogP) is 1.97. The highest BCUT2D eigenvalue weighted by Gasteiger charge is 2.11. The lowest BCUT2D eigenvalue weighted by atomic mass is 10.1. The van der Waals surface area contributed by atoms with Crippen LogP contribution >= 0.6 is 0 Å². The van der Waals surface area contributed by atoms with Gasteiger partial charge in [0.05, 0.1) is 25.8 Å². The largest absolute Gasteiger partial charge is 0.465 e. The second kappa shape index (κ2) is 10.2. The normalized spacial score (nSPS) is 10.4. The number of anilines is 1. The minimum Gasteiger partial charge on any atom is -0.465 e. The van der Waals surface area contributed by atoms with Gasteiger partial charge in [0.15, 0.2) is 0 Å². The molecule has 0 bridgehead atoms. The van der Waals surface area contributed by atoms with Gasteiger partial charge in [-0.3, -0.25) is 14.5 Å². The van der Waals surface area contributed by atoms with Crippen molar-refractivity contribution in [3.05, 3.63) is 65.2 Å². The summed E-state index contributed by atoms with van der Waals surface area (Å²) in [5, 5.41) is 5.59. The third-order valence-corrected chi connectivity index (χ3v) is 4.03. The van der Waals surface area contributed by atoms with Gasteiger partial charge < -0.3 is 15.4 Å². The number of likely N-dealkylation sites (N-methyl/N-ethyl adjacent to an activating group) is 1. The SMILES string of the molecule is COC(=O)c1ccc(CNC(=O)CN(C)CC(=O)Nc2ccc(C)cc2)cc1. The summed E-state index contributed by atoms with van der Waals surface area (Å²) in [6.07, 6.45) is 0. The van der Waals surface area contributed by atoms with Crippen LogP contribution in [0.15, 0.2) is 48.5 Å². The van der Waals surface area contributed by atoms with Crippen molar-refractivity contribution in [3.8, 4) is 0 Å². The number of hydrogen-bond acceptors (Lipinski definition) is 5. The Morgan fingerprint density at radius 2 is 1.54 bits per heavy atom. The zero-order chi connectivity index (χ0) is 20.5. The van der Waals surface area contributed by atoms with E-state index in [4.69, 9.17) is 0 Å². The molecule has 2 aromatic carbocycles. The predicted molar refractivity (Wildman–Crippen MR) is 107 cm³/mol. The topological polar surface area (TPSA) is 87.7 Å². The first-order valence-corrected chi connectivity index (χ1v) is 8.86. The fourth-order valence-electron chi connectivity index (χ4n) is 2.52. The average Bonchev–Trinajstić information content (AvgIpc) is 2.67. The molecule has 0 atom stereocenters. The zero-order valence-corrected chi connectivity index (χ0v) is 16.3. The molecule has 0 aliphatic heterocycles. The molecule has 0 heterocycles. The van der Waals surface area contributed by atoms with E-state index in [0.717, 1.165) is 16.8 Å². The molecule has 0 radical (unpaired) electrons. The van der Waals surface area contributed by atoms with E-state index in [-0.39, 0.29) is 24.9 Å². The number of carbonyl (C=O) groups excluding carboxylic acids is 3. The first kappa shape index (κ1) is 21.1. The van der Waals surface area contributed by atoms with Crippen LogP contribution in [0.5, 0.6) is 0 Å². The molecule has 28 heavy (non-hydrogen) atoms. The van der Waals surface area contributed by atoms with Crippen molar-refractivity contribution in [2.45, 2.75) is 13.5 Å². The van der Waals surface area contributed by atoms with E-state index in [0.29, 0.717) is 12.1 Å². The quantitative estimate of drug-likeness (QED) is 0.681. The molecule has 0 aromatic heterocycles. The molecule has 148 valence electrons. The third kappa shape index (κ3) is 6.85.